The summed E-state index contributed by atoms with van der Waals surface area (Å²) in [6, 6.07) is 6.17. The Bertz CT molecular complexity index is 705. The Morgan fingerprint density at radius 1 is 1.26 bits per heavy atom. The number of ether oxygens (including phenoxy) is 1. The van der Waals surface area contributed by atoms with Crippen molar-refractivity contribution in [3.05, 3.63) is 29.3 Å². The summed E-state index contributed by atoms with van der Waals surface area (Å²) in [5.74, 6) is 1.70. The van der Waals surface area contributed by atoms with Gasteiger partial charge in [-0.05, 0) is 38.3 Å². The molecule has 0 aliphatic carbocycles. The van der Waals surface area contributed by atoms with Crippen molar-refractivity contribution >= 4 is 16.0 Å². The van der Waals surface area contributed by atoms with Crippen molar-refractivity contribution in [3.8, 4) is 5.75 Å². The highest BCUT2D eigenvalue weighted by Crippen LogP contribution is 2.20. The molecule has 1 aromatic carbocycles. The summed E-state index contributed by atoms with van der Waals surface area (Å²) in [7, 11) is 0.206. The zero-order valence-electron chi connectivity index (χ0n) is 17.2. The smallest absolute Gasteiger partial charge is 0.213 e. The third-order valence-electron chi connectivity index (χ3n) is 4.14. The van der Waals surface area contributed by atoms with Crippen LogP contribution in [0.1, 0.15) is 37.8 Å². The number of nitrogens with zero attached hydrogens (tertiary/aromatic N) is 2. The Labute approximate surface area is 164 Å². The van der Waals surface area contributed by atoms with Gasteiger partial charge in [0, 0.05) is 39.3 Å². The average Bonchev–Trinajstić information content (AvgIpc) is 2.66. The molecule has 0 unspecified atom stereocenters. The summed E-state index contributed by atoms with van der Waals surface area (Å²) in [6.45, 7) is 8.19. The lowest BCUT2D eigenvalue weighted by atomic mass is 10.1. The second-order valence-electron chi connectivity index (χ2n) is 6.39. The molecule has 1 aromatic rings. The SMILES string of the molecule is CCCOc1cc(C)ccc1CNC(=NC)NCCCN(C)S(=O)(=O)CC. The maximum Gasteiger partial charge on any atom is 0.213 e. The summed E-state index contributed by atoms with van der Waals surface area (Å²) in [6.07, 6.45) is 1.66. The number of aliphatic imine (C=N–C) groups is 1. The van der Waals surface area contributed by atoms with Gasteiger partial charge in [-0.25, -0.2) is 12.7 Å². The maximum absolute atomic E-state index is 11.7. The van der Waals surface area contributed by atoms with Crippen molar-refractivity contribution in [2.24, 2.45) is 4.99 Å². The van der Waals surface area contributed by atoms with Gasteiger partial charge in [-0.3, -0.25) is 4.99 Å². The number of benzene rings is 1. The zero-order valence-corrected chi connectivity index (χ0v) is 18.0. The molecule has 27 heavy (non-hydrogen) atoms. The first kappa shape index (κ1) is 23.2. The predicted molar refractivity (Wildman–Crippen MR) is 112 cm³/mol. The predicted octanol–water partition coefficient (Wildman–Crippen LogP) is 2.12. The Balaban J connectivity index is 2.49. The van der Waals surface area contributed by atoms with Crippen molar-refractivity contribution in [2.45, 2.75) is 40.2 Å². The summed E-state index contributed by atoms with van der Waals surface area (Å²) in [4.78, 5) is 4.22. The van der Waals surface area contributed by atoms with Crippen LogP contribution >= 0.6 is 0 Å². The molecule has 0 saturated heterocycles. The molecule has 2 N–H and O–H groups in total. The van der Waals surface area contributed by atoms with Crippen LogP contribution < -0.4 is 15.4 Å². The first-order valence-corrected chi connectivity index (χ1v) is 11.1. The Morgan fingerprint density at radius 2 is 2.00 bits per heavy atom. The number of nitrogens with one attached hydrogen (secondary N) is 2. The van der Waals surface area contributed by atoms with E-state index >= 15 is 0 Å². The van der Waals surface area contributed by atoms with Crippen LogP contribution in [0.2, 0.25) is 0 Å². The molecule has 154 valence electrons. The van der Waals surface area contributed by atoms with Crippen molar-refractivity contribution in [3.63, 3.8) is 0 Å². The van der Waals surface area contributed by atoms with Gasteiger partial charge >= 0.3 is 0 Å². The first-order valence-electron chi connectivity index (χ1n) is 9.44. The molecule has 0 radical (unpaired) electrons. The van der Waals surface area contributed by atoms with Crippen LogP contribution in [-0.2, 0) is 16.6 Å². The Kier molecular flexibility index (Phi) is 10.2. The number of aryl methyl sites for hydroxylation is 1. The fourth-order valence-electron chi connectivity index (χ4n) is 2.42. The van der Waals surface area contributed by atoms with E-state index in [1.165, 1.54) is 9.87 Å². The second-order valence-corrected chi connectivity index (χ2v) is 8.75. The highest BCUT2D eigenvalue weighted by molar-refractivity contribution is 7.89. The normalized spacial score (nSPS) is 12.3. The van der Waals surface area contributed by atoms with E-state index < -0.39 is 10.0 Å². The van der Waals surface area contributed by atoms with Crippen molar-refractivity contribution < 1.29 is 13.2 Å². The van der Waals surface area contributed by atoms with Crippen LogP contribution in [0.5, 0.6) is 5.75 Å². The molecule has 8 heteroatoms. The van der Waals surface area contributed by atoms with Crippen LogP contribution in [-0.4, -0.2) is 58.2 Å². The lowest BCUT2D eigenvalue weighted by Crippen LogP contribution is -2.38. The van der Waals surface area contributed by atoms with E-state index in [4.69, 9.17) is 4.74 Å². The van der Waals surface area contributed by atoms with Gasteiger partial charge in [0.25, 0.3) is 0 Å². The lowest BCUT2D eigenvalue weighted by Gasteiger charge is -2.17. The third kappa shape index (κ3) is 8.17. The first-order chi connectivity index (χ1) is 12.8. The van der Waals surface area contributed by atoms with Gasteiger partial charge in [-0.15, -0.1) is 0 Å². The molecule has 0 aromatic heterocycles. The zero-order chi connectivity index (χ0) is 20.3. The number of guanidine groups is 1. The molecule has 0 aliphatic rings. The van der Waals surface area contributed by atoms with Crippen LogP contribution in [0.25, 0.3) is 0 Å². The number of sulfonamides is 1. The molecular formula is C19H34N4O3S. The van der Waals surface area contributed by atoms with E-state index in [2.05, 4.69) is 34.7 Å². The van der Waals surface area contributed by atoms with E-state index in [-0.39, 0.29) is 5.75 Å². The third-order valence-corrected chi connectivity index (χ3v) is 6.00. The molecule has 1 rings (SSSR count). The lowest BCUT2D eigenvalue weighted by molar-refractivity contribution is 0.313. The van der Waals surface area contributed by atoms with Crippen LogP contribution in [0, 0.1) is 6.92 Å². The van der Waals surface area contributed by atoms with Gasteiger partial charge < -0.3 is 15.4 Å². The van der Waals surface area contributed by atoms with Gasteiger partial charge in [0.2, 0.25) is 10.0 Å². The van der Waals surface area contributed by atoms with E-state index in [1.807, 2.05) is 13.0 Å². The summed E-state index contributed by atoms with van der Waals surface area (Å²) in [5.41, 5.74) is 2.24. The standard InChI is InChI=1S/C19H34N4O3S/c1-6-13-26-18-14-16(3)9-10-17(18)15-22-19(20-4)21-11-8-12-23(5)27(24,25)7-2/h9-10,14H,6-8,11-13,15H2,1-5H3,(H2,20,21,22). The molecule has 0 heterocycles. The molecule has 7 nitrogen and oxygen atoms in total. The summed E-state index contributed by atoms with van der Waals surface area (Å²) in [5, 5.41) is 6.49. The molecule has 0 bridgehead atoms. The van der Waals surface area contributed by atoms with Gasteiger partial charge in [0.05, 0.1) is 12.4 Å². The van der Waals surface area contributed by atoms with E-state index in [9.17, 15) is 8.42 Å². The molecule has 0 amide bonds. The minimum Gasteiger partial charge on any atom is -0.493 e. The summed E-state index contributed by atoms with van der Waals surface area (Å²) < 4.78 is 30.7. The minimum atomic E-state index is -3.12. The molecule has 0 fully saturated rings. The fraction of sp³-hybridized carbons (Fsp3) is 0.632. The van der Waals surface area contributed by atoms with Crippen molar-refractivity contribution in [2.75, 3.05) is 39.5 Å². The highest BCUT2D eigenvalue weighted by atomic mass is 32.2. The van der Waals surface area contributed by atoms with Gasteiger partial charge in [0.1, 0.15) is 5.75 Å². The highest BCUT2D eigenvalue weighted by Gasteiger charge is 2.14. The van der Waals surface area contributed by atoms with Gasteiger partial charge in [-0.2, -0.15) is 0 Å². The average molecular weight is 399 g/mol. The summed E-state index contributed by atoms with van der Waals surface area (Å²) >= 11 is 0. The van der Waals surface area contributed by atoms with Crippen LogP contribution in [0.3, 0.4) is 0 Å². The topological polar surface area (TPSA) is 83.0 Å². The largest absolute Gasteiger partial charge is 0.493 e. The fourth-order valence-corrected chi connectivity index (χ4v) is 3.27. The number of hydrogen-bond acceptors (Lipinski definition) is 4. The second kappa shape index (κ2) is 11.8. The quantitative estimate of drug-likeness (QED) is 0.339. The van der Waals surface area contributed by atoms with Crippen LogP contribution in [0.15, 0.2) is 23.2 Å². The molecule has 0 aliphatic heterocycles. The van der Waals surface area contributed by atoms with E-state index in [0.717, 1.165) is 17.7 Å². The monoisotopic (exact) mass is 398 g/mol. The van der Waals surface area contributed by atoms with Gasteiger partial charge in [-0.1, -0.05) is 19.1 Å². The van der Waals surface area contributed by atoms with E-state index in [1.54, 1.807) is 21.0 Å². The van der Waals surface area contributed by atoms with Crippen LogP contribution in [0.4, 0.5) is 0 Å². The van der Waals surface area contributed by atoms with Crippen molar-refractivity contribution in [1.29, 1.82) is 0 Å². The Hall–Kier alpha value is -1.80. The number of hydrogen-bond donors (Lipinski definition) is 2. The number of rotatable bonds is 11. The Morgan fingerprint density at radius 3 is 2.63 bits per heavy atom. The maximum atomic E-state index is 11.7. The molecule has 0 saturated carbocycles. The molecule has 0 atom stereocenters. The minimum absolute atomic E-state index is 0.124. The van der Waals surface area contributed by atoms with Crippen molar-refractivity contribution in [1.82, 2.24) is 14.9 Å². The van der Waals surface area contributed by atoms with E-state index in [0.29, 0.717) is 38.6 Å². The molecular weight excluding hydrogens is 364 g/mol. The molecule has 0 spiro atoms. The van der Waals surface area contributed by atoms with Gasteiger partial charge in [0.15, 0.2) is 5.96 Å².